The van der Waals surface area contributed by atoms with Crippen molar-refractivity contribution >= 4 is 34.8 Å². The Morgan fingerprint density at radius 2 is 2.12 bits per heavy atom. The van der Waals surface area contributed by atoms with Crippen LogP contribution in [0.25, 0.3) is 0 Å². The third-order valence-electron chi connectivity index (χ3n) is 4.14. The molecule has 1 atom stereocenters. The first-order chi connectivity index (χ1) is 12.5. The fraction of sp³-hybridized carbons (Fsp3) is 0.263. The Kier molecular flexibility index (Phi) is 5.42. The molecule has 0 bridgehead atoms. The number of nitrogens with one attached hydrogen (secondary N) is 1. The van der Waals surface area contributed by atoms with Gasteiger partial charge >= 0.3 is 0 Å². The van der Waals surface area contributed by atoms with Crippen LogP contribution < -0.4 is 15.0 Å². The lowest BCUT2D eigenvalue weighted by Crippen LogP contribution is -2.28. The summed E-state index contributed by atoms with van der Waals surface area (Å²) in [6.07, 6.45) is 0.0570. The van der Waals surface area contributed by atoms with E-state index in [0.717, 1.165) is 6.07 Å². The maximum absolute atomic E-state index is 13.9. The molecular formula is C19H18ClFN2O3. The van der Waals surface area contributed by atoms with E-state index < -0.39 is 17.6 Å². The lowest BCUT2D eigenvalue weighted by Gasteiger charge is -2.20. The molecular weight excluding hydrogens is 359 g/mol. The van der Waals surface area contributed by atoms with E-state index in [2.05, 4.69) is 5.32 Å². The molecule has 3 rings (SSSR count). The predicted molar refractivity (Wildman–Crippen MR) is 98.1 cm³/mol. The Balaban J connectivity index is 1.74. The maximum atomic E-state index is 13.9. The van der Waals surface area contributed by atoms with Gasteiger partial charge in [0, 0.05) is 18.0 Å². The highest BCUT2D eigenvalue weighted by Crippen LogP contribution is 2.33. The summed E-state index contributed by atoms with van der Waals surface area (Å²) in [7, 11) is 0. The average Bonchev–Trinajstić information content (AvgIpc) is 3.00. The van der Waals surface area contributed by atoms with Gasteiger partial charge in [-0.05, 0) is 37.3 Å². The number of hydrogen-bond donors (Lipinski definition) is 1. The van der Waals surface area contributed by atoms with Crippen molar-refractivity contribution < 1.29 is 18.7 Å². The van der Waals surface area contributed by atoms with Crippen LogP contribution in [-0.2, 0) is 9.59 Å². The van der Waals surface area contributed by atoms with Gasteiger partial charge in [-0.15, -0.1) is 0 Å². The minimum atomic E-state index is -0.617. The van der Waals surface area contributed by atoms with E-state index in [-0.39, 0.29) is 29.6 Å². The summed E-state index contributed by atoms with van der Waals surface area (Å²) < 4.78 is 19.4. The molecule has 1 aliphatic heterocycles. The molecule has 26 heavy (non-hydrogen) atoms. The molecule has 2 aromatic rings. The van der Waals surface area contributed by atoms with Crippen LogP contribution in [0.4, 0.5) is 15.8 Å². The van der Waals surface area contributed by atoms with E-state index in [0.29, 0.717) is 18.0 Å². The molecule has 1 aliphatic rings. The van der Waals surface area contributed by atoms with Crippen molar-refractivity contribution in [3.8, 4) is 5.75 Å². The number of amides is 2. The van der Waals surface area contributed by atoms with E-state index in [1.807, 2.05) is 19.1 Å². The van der Waals surface area contributed by atoms with Crippen molar-refractivity contribution in [3.63, 3.8) is 0 Å². The lowest BCUT2D eigenvalue weighted by molar-refractivity contribution is -0.122. The molecule has 2 amide bonds. The fourth-order valence-electron chi connectivity index (χ4n) is 2.90. The largest absolute Gasteiger partial charge is 0.492 e. The molecule has 1 fully saturated rings. The number of para-hydroxylation sites is 2. The van der Waals surface area contributed by atoms with E-state index in [9.17, 15) is 14.0 Å². The maximum Gasteiger partial charge on any atom is 0.229 e. The van der Waals surface area contributed by atoms with Gasteiger partial charge in [0.15, 0.2) is 0 Å². The average molecular weight is 377 g/mol. The zero-order valence-electron chi connectivity index (χ0n) is 14.2. The molecule has 136 valence electrons. The molecule has 7 heteroatoms. The Hall–Kier alpha value is -2.60. The summed E-state index contributed by atoms with van der Waals surface area (Å²) in [5.41, 5.74) is 0.673. The molecule has 1 heterocycles. The highest BCUT2D eigenvalue weighted by molar-refractivity contribution is 6.30. The summed E-state index contributed by atoms with van der Waals surface area (Å²) in [5, 5.41) is 2.77. The Labute approximate surface area is 155 Å². The summed E-state index contributed by atoms with van der Waals surface area (Å²) in [4.78, 5) is 26.4. The first-order valence-corrected chi connectivity index (χ1v) is 8.65. The van der Waals surface area contributed by atoms with Gasteiger partial charge in [0.2, 0.25) is 11.8 Å². The Morgan fingerprint density at radius 3 is 2.85 bits per heavy atom. The highest BCUT2D eigenvalue weighted by atomic mass is 35.5. The van der Waals surface area contributed by atoms with Crippen LogP contribution in [0.2, 0.25) is 5.02 Å². The first kappa shape index (κ1) is 18.2. The number of carbonyl (C=O) groups is 2. The van der Waals surface area contributed by atoms with Crippen LogP contribution in [0, 0.1) is 11.7 Å². The van der Waals surface area contributed by atoms with Crippen molar-refractivity contribution in [2.75, 3.05) is 23.4 Å². The van der Waals surface area contributed by atoms with E-state index in [1.54, 1.807) is 12.1 Å². The van der Waals surface area contributed by atoms with Crippen LogP contribution in [-0.4, -0.2) is 25.0 Å². The molecule has 0 unspecified atom stereocenters. The number of benzene rings is 2. The third kappa shape index (κ3) is 3.80. The van der Waals surface area contributed by atoms with Gasteiger partial charge in [-0.2, -0.15) is 0 Å². The smallest absolute Gasteiger partial charge is 0.229 e. The van der Waals surface area contributed by atoms with Crippen LogP contribution in [0.3, 0.4) is 0 Å². The third-order valence-corrected chi connectivity index (χ3v) is 4.38. The topological polar surface area (TPSA) is 58.6 Å². The van der Waals surface area contributed by atoms with E-state index in [1.165, 1.54) is 17.0 Å². The van der Waals surface area contributed by atoms with E-state index >= 15 is 0 Å². The van der Waals surface area contributed by atoms with Crippen LogP contribution in [0.1, 0.15) is 13.3 Å². The Bertz CT molecular complexity index is 843. The fourth-order valence-corrected chi connectivity index (χ4v) is 3.06. The molecule has 2 aromatic carbocycles. The first-order valence-electron chi connectivity index (χ1n) is 8.27. The second-order valence-corrected chi connectivity index (χ2v) is 6.36. The monoisotopic (exact) mass is 376 g/mol. The second-order valence-electron chi connectivity index (χ2n) is 5.92. The summed E-state index contributed by atoms with van der Waals surface area (Å²) in [6, 6.07) is 11.2. The second kappa shape index (κ2) is 7.74. The number of nitrogens with zero attached hydrogens (tertiary/aromatic N) is 1. The van der Waals surface area contributed by atoms with Gasteiger partial charge in [-0.1, -0.05) is 23.7 Å². The molecule has 0 saturated carbocycles. The van der Waals surface area contributed by atoms with Crippen molar-refractivity contribution in [1.29, 1.82) is 0 Å². The van der Waals surface area contributed by atoms with Gasteiger partial charge < -0.3 is 15.0 Å². The van der Waals surface area contributed by atoms with Crippen molar-refractivity contribution in [2.24, 2.45) is 5.92 Å². The summed E-state index contributed by atoms with van der Waals surface area (Å²) in [6.45, 7) is 2.54. The predicted octanol–water partition coefficient (Wildman–Crippen LogP) is 3.87. The molecule has 1 saturated heterocycles. The van der Waals surface area contributed by atoms with Crippen molar-refractivity contribution in [3.05, 3.63) is 53.3 Å². The van der Waals surface area contributed by atoms with Gasteiger partial charge in [-0.3, -0.25) is 9.59 Å². The number of ether oxygens (including phenoxy) is 1. The van der Waals surface area contributed by atoms with E-state index in [4.69, 9.17) is 16.3 Å². The van der Waals surface area contributed by atoms with Gasteiger partial charge in [0.05, 0.1) is 23.9 Å². The summed E-state index contributed by atoms with van der Waals surface area (Å²) in [5.74, 6) is -1.18. The van der Waals surface area contributed by atoms with Crippen LogP contribution in [0.15, 0.2) is 42.5 Å². The van der Waals surface area contributed by atoms with Gasteiger partial charge in [-0.25, -0.2) is 4.39 Å². The molecule has 1 N–H and O–H groups in total. The number of hydrogen-bond acceptors (Lipinski definition) is 3. The van der Waals surface area contributed by atoms with Crippen molar-refractivity contribution in [1.82, 2.24) is 0 Å². The number of carbonyl (C=O) groups excluding carboxylic acids is 2. The molecule has 0 aliphatic carbocycles. The molecule has 5 nitrogen and oxygen atoms in total. The zero-order chi connectivity index (χ0) is 18.7. The molecule has 0 radical (unpaired) electrons. The lowest BCUT2D eigenvalue weighted by atomic mass is 10.1. The van der Waals surface area contributed by atoms with Crippen LogP contribution >= 0.6 is 11.6 Å². The standard InChI is InChI=1S/C19H18ClFN2O3/c1-2-26-17-6-4-3-5-16(17)23-11-12(9-18(23)24)19(25)22-15-8-7-13(20)10-14(15)21/h3-8,10,12H,2,9,11H2,1H3,(H,22,25)/t12-/m1/s1. The van der Waals surface area contributed by atoms with Crippen LogP contribution in [0.5, 0.6) is 5.75 Å². The SMILES string of the molecule is CCOc1ccccc1N1C[C@H](C(=O)Nc2ccc(Cl)cc2F)CC1=O. The minimum absolute atomic E-state index is 0.0417. The van der Waals surface area contributed by atoms with Gasteiger partial charge in [0.1, 0.15) is 11.6 Å². The number of halogens is 2. The molecule has 0 spiro atoms. The normalized spacial score (nSPS) is 16.7. The van der Waals surface area contributed by atoms with Gasteiger partial charge in [0.25, 0.3) is 0 Å². The number of rotatable bonds is 5. The number of anilines is 2. The summed E-state index contributed by atoms with van der Waals surface area (Å²) >= 11 is 5.71. The molecule has 0 aromatic heterocycles. The Morgan fingerprint density at radius 1 is 1.35 bits per heavy atom. The van der Waals surface area contributed by atoms with Crippen molar-refractivity contribution in [2.45, 2.75) is 13.3 Å². The zero-order valence-corrected chi connectivity index (χ0v) is 14.9. The highest BCUT2D eigenvalue weighted by Gasteiger charge is 2.36. The minimum Gasteiger partial charge on any atom is -0.492 e. The quantitative estimate of drug-likeness (QED) is 0.861.